The van der Waals surface area contributed by atoms with E-state index < -0.39 is 41.9 Å². The van der Waals surface area contributed by atoms with Crippen LogP contribution in [-0.4, -0.2) is 106 Å². The van der Waals surface area contributed by atoms with Crippen LogP contribution in [0.2, 0.25) is 0 Å². The molecule has 1 aliphatic heterocycles. The first-order valence-corrected chi connectivity index (χ1v) is 11.8. The summed E-state index contributed by atoms with van der Waals surface area (Å²) >= 11 is 0. The van der Waals surface area contributed by atoms with Crippen LogP contribution in [0.1, 0.15) is 46.0 Å². The highest BCUT2D eigenvalue weighted by Crippen LogP contribution is 2.03. The van der Waals surface area contributed by atoms with E-state index in [4.69, 9.17) is 48.1 Å². The molecule has 0 bridgehead atoms. The Morgan fingerprint density at radius 3 is 1.56 bits per heavy atom. The van der Waals surface area contributed by atoms with E-state index in [2.05, 4.69) is 22.1 Å². The van der Waals surface area contributed by atoms with E-state index in [0.717, 1.165) is 19.4 Å². The minimum Gasteiger partial charge on any atom is -0.480 e. The number of nitrogens with one attached hydrogen (secondary N) is 3. The number of aliphatic carboxylic acids is 5. The highest BCUT2D eigenvalue weighted by atomic mass is 16.4. The molecule has 3 atom stereocenters. The molecule has 0 radical (unpaired) electrons. The van der Waals surface area contributed by atoms with Gasteiger partial charge in [0.25, 0.3) is 0 Å². The molecule has 1 aliphatic rings. The van der Waals surface area contributed by atoms with Crippen LogP contribution >= 0.6 is 0 Å². The smallest absolute Gasteiger partial charge is 0.320 e. The second-order valence-electron chi connectivity index (χ2n) is 8.18. The van der Waals surface area contributed by atoms with Gasteiger partial charge in [0.2, 0.25) is 0 Å². The molecule has 0 aromatic rings. The zero-order valence-electron chi connectivity index (χ0n) is 22.3. The van der Waals surface area contributed by atoms with Crippen LogP contribution in [0.5, 0.6) is 0 Å². The molecule has 1 saturated heterocycles. The maximum absolute atomic E-state index is 10.2. The van der Waals surface area contributed by atoms with E-state index in [-0.39, 0.29) is 25.1 Å². The highest BCUT2D eigenvalue weighted by molar-refractivity contribution is 5.74. The fraction of sp³-hybridized carbons (Fsp3) is 0.714. The first kappa shape index (κ1) is 42.5. The molecule has 18 heteroatoms. The molecular formula is C21H46N8O10. The molecule has 39 heavy (non-hydrogen) atoms. The second kappa shape index (κ2) is 27.5. The Morgan fingerprint density at radius 2 is 1.36 bits per heavy atom. The lowest BCUT2D eigenvalue weighted by molar-refractivity contribution is -0.139. The predicted octanol–water partition coefficient (Wildman–Crippen LogP) is -3.01. The summed E-state index contributed by atoms with van der Waals surface area (Å²) < 4.78 is 0. The number of guanidine groups is 1. The minimum absolute atomic E-state index is 0.112. The van der Waals surface area contributed by atoms with Crippen molar-refractivity contribution in [1.29, 1.82) is 5.41 Å². The fourth-order valence-corrected chi connectivity index (χ4v) is 2.17. The van der Waals surface area contributed by atoms with Crippen LogP contribution in [0.15, 0.2) is 0 Å². The molecule has 1 fully saturated rings. The average Bonchev–Trinajstić information content (AvgIpc) is 3.38. The van der Waals surface area contributed by atoms with Gasteiger partial charge in [-0.15, -0.1) is 0 Å². The lowest BCUT2D eigenvalue weighted by Gasteiger charge is -2.07. The van der Waals surface area contributed by atoms with E-state index in [1.165, 1.54) is 0 Å². The SMILES string of the molecule is CC(C)C[C@H](N)C(=O)O.N=C(N)NCCC[C@H](N)C(=O)O.NCC(=O)O.NCC(=O)O.O=C(O)[C@@H]1CCCN1. The lowest BCUT2D eigenvalue weighted by Crippen LogP contribution is -2.34. The standard InChI is InChI=1S/C6H14N4O2.C6H13NO2.C5H9NO2.2C2H5NO2/c7-4(5(11)12)2-1-3-10-6(8)9;1-4(2)3-5(7)6(8)9;7-5(8)4-2-1-3-6-4;2*3-1-2(4)5/h4H,1-3,7H2,(H,11,12)(H4,8,9,10);4-5H,3,7H2,1-2H3,(H,8,9);4,6H,1-3H2,(H,7,8);2*1,3H2,(H,4,5)/t4-;5-;4-;;/m000../s1. The maximum Gasteiger partial charge on any atom is 0.320 e. The molecule has 0 spiro atoms. The first-order chi connectivity index (χ1) is 17.9. The van der Waals surface area contributed by atoms with Crippen molar-refractivity contribution in [2.24, 2.45) is 34.6 Å². The summed E-state index contributed by atoms with van der Waals surface area (Å²) in [6.45, 7) is 4.68. The maximum atomic E-state index is 10.2. The Hall–Kier alpha value is -3.58. The summed E-state index contributed by atoms with van der Waals surface area (Å²) in [5.41, 5.74) is 24.6. The van der Waals surface area contributed by atoms with Crippen molar-refractivity contribution >= 4 is 35.8 Å². The molecule has 0 aromatic heterocycles. The molecular weight excluding hydrogens is 524 g/mol. The summed E-state index contributed by atoms with van der Waals surface area (Å²) in [7, 11) is 0. The molecule has 0 aliphatic carbocycles. The largest absolute Gasteiger partial charge is 0.480 e. The van der Waals surface area contributed by atoms with Crippen LogP contribution < -0.4 is 39.3 Å². The number of rotatable bonds is 11. The highest BCUT2D eigenvalue weighted by Gasteiger charge is 2.20. The Balaban J connectivity index is -0.000000204. The average molecular weight is 571 g/mol. The molecule has 0 unspecified atom stereocenters. The van der Waals surface area contributed by atoms with Crippen molar-refractivity contribution in [2.45, 2.75) is 64.1 Å². The van der Waals surface area contributed by atoms with Crippen LogP contribution in [-0.2, 0) is 24.0 Å². The number of carboxylic acid groups (broad SMARTS) is 5. The molecule has 0 amide bonds. The number of hydrogen-bond donors (Lipinski definition) is 13. The quantitative estimate of drug-likeness (QED) is 0.0667. The summed E-state index contributed by atoms with van der Waals surface area (Å²) in [6.07, 6.45) is 3.31. The normalized spacial score (nSPS) is 14.6. The van der Waals surface area contributed by atoms with E-state index in [1.807, 2.05) is 13.8 Å². The zero-order chi connectivity index (χ0) is 31.6. The summed E-state index contributed by atoms with van der Waals surface area (Å²) in [5.74, 6) is -4.32. The van der Waals surface area contributed by atoms with Crippen LogP contribution in [0.25, 0.3) is 0 Å². The van der Waals surface area contributed by atoms with Gasteiger partial charge < -0.3 is 64.8 Å². The lowest BCUT2D eigenvalue weighted by atomic mass is 10.1. The van der Waals surface area contributed by atoms with Crippen molar-refractivity contribution in [1.82, 2.24) is 10.6 Å². The third-order valence-corrected chi connectivity index (χ3v) is 4.07. The van der Waals surface area contributed by atoms with Gasteiger partial charge in [0, 0.05) is 6.54 Å². The summed E-state index contributed by atoms with van der Waals surface area (Å²) in [4.78, 5) is 48.9. The van der Waals surface area contributed by atoms with Crippen molar-refractivity contribution < 1.29 is 49.5 Å². The molecule has 18 N–H and O–H groups in total. The number of hydrogen-bond acceptors (Lipinski definition) is 11. The van der Waals surface area contributed by atoms with Gasteiger partial charge in [-0.1, -0.05) is 13.8 Å². The third-order valence-electron chi connectivity index (χ3n) is 4.07. The van der Waals surface area contributed by atoms with Gasteiger partial charge in [-0.3, -0.25) is 29.4 Å². The van der Waals surface area contributed by atoms with Crippen molar-refractivity contribution in [3.63, 3.8) is 0 Å². The van der Waals surface area contributed by atoms with Gasteiger partial charge in [-0.2, -0.15) is 0 Å². The van der Waals surface area contributed by atoms with Crippen molar-refractivity contribution in [2.75, 3.05) is 26.2 Å². The van der Waals surface area contributed by atoms with Gasteiger partial charge in [-0.25, -0.2) is 0 Å². The number of carbonyl (C=O) groups is 5. The van der Waals surface area contributed by atoms with Gasteiger partial charge in [0.1, 0.15) is 18.1 Å². The van der Waals surface area contributed by atoms with E-state index >= 15 is 0 Å². The molecule has 18 nitrogen and oxygen atoms in total. The molecule has 230 valence electrons. The Kier molecular flexibility index (Phi) is 29.9. The summed E-state index contributed by atoms with van der Waals surface area (Å²) in [5, 5.41) is 52.4. The van der Waals surface area contributed by atoms with Crippen molar-refractivity contribution in [3.05, 3.63) is 0 Å². The Morgan fingerprint density at radius 1 is 0.923 bits per heavy atom. The molecule has 1 heterocycles. The third kappa shape index (κ3) is 39.1. The monoisotopic (exact) mass is 570 g/mol. The Bertz CT molecular complexity index is 705. The predicted molar refractivity (Wildman–Crippen MR) is 142 cm³/mol. The van der Waals surface area contributed by atoms with Gasteiger partial charge in [0.15, 0.2) is 5.96 Å². The topological polar surface area (TPSA) is 365 Å². The van der Waals surface area contributed by atoms with Gasteiger partial charge in [0.05, 0.1) is 13.1 Å². The molecule has 0 saturated carbocycles. The first-order valence-electron chi connectivity index (χ1n) is 11.8. The minimum atomic E-state index is -1.00. The van der Waals surface area contributed by atoms with Crippen molar-refractivity contribution in [3.8, 4) is 0 Å². The van der Waals surface area contributed by atoms with Gasteiger partial charge in [-0.05, 0) is 44.6 Å². The number of nitrogens with two attached hydrogens (primary N) is 5. The van der Waals surface area contributed by atoms with Crippen LogP contribution in [0.4, 0.5) is 0 Å². The molecule has 1 rings (SSSR count). The second-order valence-corrected chi connectivity index (χ2v) is 8.18. The van der Waals surface area contributed by atoms with E-state index in [9.17, 15) is 24.0 Å². The number of carboxylic acids is 5. The van der Waals surface area contributed by atoms with E-state index in [1.54, 1.807) is 0 Å². The van der Waals surface area contributed by atoms with Gasteiger partial charge >= 0.3 is 29.8 Å². The zero-order valence-corrected chi connectivity index (χ0v) is 22.3. The van der Waals surface area contributed by atoms with Crippen LogP contribution in [0, 0.1) is 11.3 Å². The molecule has 0 aromatic carbocycles. The van der Waals surface area contributed by atoms with E-state index in [0.29, 0.717) is 31.7 Å². The Labute approximate surface area is 226 Å². The summed E-state index contributed by atoms with van der Waals surface area (Å²) in [6, 6.07) is -1.78. The fourth-order valence-electron chi connectivity index (χ4n) is 2.17. The van der Waals surface area contributed by atoms with Crippen LogP contribution in [0.3, 0.4) is 0 Å².